The molecular weight excluding hydrogens is 177 g/mol. The summed E-state index contributed by atoms with van der Waals surface area (Å²) in [5.74, 6) is 0. The predicted octanol–water partition coefficient (Wildman–Crippen LogP) is 0.539. The molecule has 0 aromatic heterocycles. The number of halogens is 2. The van der Waals surface area contributed by atoms with Crippen molar-refractivity contribution in [3.8, 4) is 0 Å². The summed E-state index contributed by atoms with van der Waals surface area (Å²) < 4.78 is 18.8. The molecule has 0 atom stereocenters. The van der Waals surface area contributed by atoms with Gasteiger partial charge < -0.3 is 5.21 Å². The number of rotatable bonds is 0. The summed E-state index contributed by atoms with van der Waals surface area (Å²) in [6, 6.07) is 0. The van der Waals surface area contributed by atoms with Crippen LogP contribution in [-0.2, 0) is 9.05 Å². The zero-order valence-electron chi connectivity index (χ0n) is 3.38. The average molecular weight is 178 g/mol. The van der Waals surface area contributed by atoms with Gasteiger partial charge in [0.05, 0.1) is 0 Å². The van der Waals surface area contributed by atoms with Gasteiger partial charge in [-0.05, 0) is 11.6 Å². The minimum absolute atomic E-state index is 1.03. The summed E-state index contributed by atoms with van der Waals surface area (Å²) in [5, 5.41) is 9.78. The van der Waals surface area contributed by atoms with Crippen molar-refractivity contribution in [2.45, 2.75) is 0 Å². The molecule has 0 aromatic carbocycles. The smallest absolute Gasteiger partial charge is 0.293 e. The van der Waals surface area contributed by atoms with Crippen molar-refractivity contribution < 1.29 is 13.6 Å². The molecule has 0 heterocycles. The number of hydrogen-bond donors (Lipinski definition) is 1. The molecule has 4 nitrogen and oxygen atoms in total. The Hall–Kier alpha value is -0.000000000000000111. The Morgan fingerprint density at radius 2 is 2.00 bits per heavy atom. The van der Waals surface area contributed by atoms with Gasteiger partial charge in [-0.2, -0.15) is 0 Å². The molecule has 48 valence electrons. The quantitative estimate of drug-likeness (QED) is 0.193. The van der Waals surface area contributed by atoms with Crippen molar-refractivity contribution in [3.05, 3.63) is 0 Å². The first kappa shape index (κ1) is 8.00. The third-order valence-electron chi connectivity index (χ3n) is 0.280. The second-order valence-corrected chi connectivity index (χ2v) is 3.85. The lowest BCUT2D eigenvalue weighted by molar-refractivity contribution is 0.321. The topological polar surface area (TPSA) is 66.7 Å². The SMILES string of the molecule is O=S(=O)(Cl)C(Cl)=NO. The molecule has 0 amide bonds. The maximum atomic E-state index is 9.90. The lowest BCUT2D eigenvalue weighted by Crippen LogP contribution is -1.98. The lowest BCUT2D eigenvalue weighted by atomic mass is 11.7. The van der Waals surface area contributed by atoms with E-state index < -0.39 is 13.6 Å². The molecule has 0 unspecified atom stereocenters. The minimum atomic E-state index is -4.02. The minimum Gasteiger partial charge on any atom is -0.409 e. The van der Waals surface area contributed by atoms with Gasteiger partial charge in [0.15, 0.2) is 0 Å². The van der Waals surface area contributed by atoms with Crippen molar-refractivity contribution in [2.24, 2.45) is 5.16 Å². The van der Waals surface area contributed by atoms with Crippen molar-refractivity contribution in [3.63, 3.8) is 0 Å². The van der Waals surface area contributed by atoms with Crippen LogP contribution in [0.25, 0.3) is 0 Å². The van der Waals surface area contributed by atoms with Crippen LogP contribution in [0.15, 0.2) is 5.16 Å². The van der Waals surface area contributed by atoms with Gasteiger partial charge >= 0.3 is 0 Å². The second kappa shape index (κ2) is 2.52. The average Bonchev–Trinajstić information content (AvgIpc) is 1.62. The molecule has 0 saturated heterocycles. The van der Waals surface area contributed by atoms with Crippen LogP contribution in [0.4, 0.5) is 0 Å². The zero-order valence-corrected chi connectivity index (χ0v) is 5.70. The van der Waals surface area contributed by atoms with Crippen molar-refractivity contribution in [1.82, 2.24) is 0 Å². The van der Waals surface area contributed by atoms with Gasteiger partial charge in [0.2, 0.25) is 0 Å². The Morgan fingerprint density at radius 3 is 2.00 bits per heavy atom. The van der Waals surface area contributed by atoms with Gasteiger partial charge in [0, 0.05) is 10.7 Å². The van der Waals surface area contributed by atoms with Gasteiger partial charge in [0.25, 0.3) is 13.6 Å². The van der Waals surface area contributed by atoms with E-state index in [2.05, 4.69) is 15.8 Å². The molecule has 0 fully saturated rings. The molecule has 0 spiro atoms. The Balaban J connectivity index is 4.55. The number of nitrogens with zero attached hydrogens (tertiary/aromatic N) is 1. The van der Waals surface area contributed by atoms with Crippen LogP contribution in [0.3, 0.4) is 0 Å². The van der Waals surface area contributed by atoms with Crippen LogP contribution in [0.2, 0.25) is 0 Å². The van der Waals surface area contributed by atoms with Gasteiger partial charge in [-0.1, -0.05) is 5.16 Å². The fourth-order valence-electron chi connectivity index (χ4n) is 0.0488. The molecular formula is CHCl2NO3S. The Labute approximate surface area is 55.1 Å². The van der Waals surface area contributed by atoms with Gasteiger partial charge in [-0.15, -0.1) is 0 Å². The highest BCUT2D eigenvalue weighted by molar-refractivity contribution is 8.27. The van der Waals surface area contributed by atoms with E-state index >= 15 is 0 Å². The molecule has 0 saturated carbocycles. The fraction of sp³-hybridized carbons (Fsp3) is 0. The first-order chi connectivity index (χ1) is 3.48. The molecule has 0 aliphatic rings. The molecule has 0 aromatic rings. The molecule has 0 radical (unpaired) electrons. The summed E-state index contributed by atoms with van der Waals surface area (Å²) in [5.41, 5.74) is 0. The highest BCUT2D eigenvalue weighted by Crippen LogP contribution is 2.02. The molecule has 8 heavy (non-hydrogen) atoms. The predicted molar refractivity (Wildman–Crippen MR) is 29.8 cm³/mol. The van der Waals surface area contributed by atoms with Crippen LogP contribution < -0.4 is 0 Å². The maximum Gasteiger partial charge on any atom is 0.293 e. The van der Waals surface area contributed by atoms with Crippen molar-refractivity contribution in [2.75, 3.05) is 0 Å². The second-order valence-electron chi connectivity index (χ2n) is 0.791. The molecule has 0 aliphatic heterocycles. The van der Waals surface area contributed by atoms with E-state index in [1.54, 1.807) is 0 Å². The Kier molecular flexibility index (Phi) is 2.52. The fourth-order valence-corrected chi connectivity index (χ4v) is 0.239. The van der Waals surface area contributed by atoms with E-state index in [-0.39, 0.29) is 0 Å². The molecule has 1 N–H and O–H groups in total. The van der Waals surface area contributed by atoms with E-state index in [9.17, 15) is 8.42 Å². The largest absolute Gasteiger partial charge is 0.409 e. The highest BCUT2D eigenvalue weighted by Gasteiger charge is 2.12. The van der Waals surface area contributed by atoms with E-state index in [0.717, 1.165) is 0 Å². The lowest BCUT2D eigenvalue weighted by Gasteiger charge is -1.82. The van der Waals surface area contributed by atoms with Crippen LogP contribution in [0.1, 0.15) is 0 Å². The van der Waals surface area contributed by atoms with Crippen LogP contribution in [0, 0.1) is 0 Å². The Bertz CT molecular complexity index is 193. The van der Waals surface area contributed by atoms with Gasteiger partial charge in [-0.3, -0.25) is 0 Å². The summed E-state index contributed by atoms with van der Waals surface area (Å²) in [6.45, 7) is 0. The van der Waals surface area contributed by atoms with Gasteiger partial charge in [0.1, 0.15) is 0 Å². The zero-order chi connectivity index (χ0) is 6.78. The third-order valence-corrected chi connectivity index (χ3v) is 2.12. The van der Waals surface area contributed by atoms with Crippen LogP contribution in [-0.4, -0.2) is 18.1 Å². The summed E-state index contributed by atoms with van der Waals surface area (Å²) >= 11 is 4.72. The normalized spacial score (nSPS) is 14.0. The standard InChI is InChI=1S/CHCl2NO3S/c2-1(4-5)8(3,6)7/h5H. The van der Waals surface area contributed by atoms with E-state index in [4.69, 9.17) is 16.8 Å². The molecule has 0 rings (SSSR count). The number of hydrogen-bond acceptors (Lipinski definition) is 4. The van der Waals surface area contributed by atoms with E-state index in [0.29, 0.717) is 0 Å². The summed E-state index contributed by atoms with van der Waals surface area (Å²) in [6.07, 6.45) is 0. The van der Waals surface area contributed by atoms with Gasteiger partial charge in [-0.25, -0.2) is 8.42 Å². The Morgan fingerprint density at radius 1 is 1.62 bits per heavy atom. The van der Waals surface area contributed by atoms with Crippen LogP contribution >= 0.6 is 22.3 Å². The summed E-state index contributed by atoms with van der Waals surface area (Å²) in [7, 11) is 0.518. The third kappa shape index (κ3) is 2.34. The van der Waals surface area contributed by atoms with Crippen LogP contribution in [0.5, 0.6) is 0 Å². The molecule has 7 heteroatoms. The monoisotopic (exact) mass is 177 g/mol. The highest BCUT2D eigenvalue weighted by atomic mass is 35.7. The van der Waals surface area contributed by atoms with E-state index in [1.807, 2.05) is 0 Å². The first-order valence-electron chi connectivity index (χ1n) is 1.30. The van der Waals surface area contributed by atoms with Crippen molar-refractivity contribution >= 4 is 35.8 Å². The van der Waals surface area contributed by atoms with Crippen molar-refractivity contribution in [1.29, 1.82) is 0 Å². The van der Waals surface area contributed by atoms with E-state index in [1.165, 1.54) is 0 Å². The maximum absolute atomic E-state index is 9.90. The summed E-state index contributed by atoms with van der Waals surface area (Å²) in [4.78, 5) is 0. The molecule has 0 bridgehead atoms. The molecule has 0 aliphatic carbocycles. The number of oxime groups is 1. The first-order valence-corrected chi connectivity index (χ1v) is 3.99.